The molecule has 0 aliphatic carbocycles. The molecule has 1 aliphatic heterocycles. The Kier molecular flexibility index (Phi) is 6.18. The number of nitrogens with zero attached hydrogens (tertiary/aromatic N) is 4. The van der Waals surface area contributed by atoms with Crippen molar-refractivity contribution in [2.75, 3.05) is 27.2 Å². The van der Waals surface area contributed by atoms with Gasteiger partial charge in [-0.1, -0.05) is 6.07 Å². The molecule has 0 bridgehead atoms. The number of amides is 2. The molecule has 0 saturated heterocycles. The van der Waals surface area contributed by atoms with E-state index in [1.807, 2.05) is 41.8 Å². The number of imidazole rings is 1. The SMILES string of the molecule is CN(C)CCNC(=O)c1nc(C(=O)NCc2ccccn2)n2c1CCCC2. The summed E-state index contributed by atoms with van der Waals surface area (Å²) in [6, 6.07) is 5.56. The first kappa shape index (κ1) is 19.0. The lowest BCUT2D eigenvalue weighted by Gasteiger charge is -2.17. The molecule has 3 rings (SSSR count). The monoisotopic (exact) mass is 370 g/mol. The number of nitrogens with one attached hydrogen (secondary N) is 2. The molecule has 0 unspecified atom stereocenters. The molecule has 1 aliphatic rings. The van der Waals surface area contributed by atoms with Crippen LogP contribution in [0.1, 0.15) is 45.3 Å². The van der Waals surface area contributed by atoms with Crippen molar-refractivity contribution < 1.29 is 9.59 Å². The minimum absolute atomic E-state index is 0.216. The summed E-state index contributed by atoms with van der Waals surface area (Å²) in [6.07, 6.45) is 4.43. The lowest BCUT2D eigenvalue weighted by Crippen LogP contribution is -2.32. The number of carbonyl (C=O) groups is 2. The summed E-state index contributed by atoms with van der Waals surface area (Å²) in [7, 11) is 3.91. The second-order valence-electron chi connectivity index (χ2n) is 6.90. The maximum atomic E-state index is 12.7. The van der Waals surface area contributed by atoms with Gasteiger partial charge in [-0.05, 0) is 45.5 Å². The Bertz CT molecular complexity index is 800. The fraction of sp³-hybridized carbons (Fsp3) is 0.474. The third-order valence-electron chi connectivity index (χ3n) is 4.54. The molecule has 27 heavy (non-hydrogen) atoms. The molecule has 0 saturated carbocycles. The molecule has 0 radical (unpaired) electrons. The normalized spacial score (nSPS) is 13.3. The van der Waals surface area contributed by atoms with Gasteiger partial charge in [0, 0.05) is 25.8 Å². The summed E-state index contributed by atoms with van der Waals surface area (Å²) in [5.74, 6) is -0.194. The summed E-state index contributed by atoms with van der Waals surface area (Å²) in [6.45, 7) is 2.32. The Balaban J connectivity index is 1.74. The predicted octanol–water partition coefficient (Wildman–Crippen LogP) is 0.836. The topological polar surface area (TPSA) is 92.2 Å². The van der Waals surface area contributed by atoms with Gasteiger partial charge >= 0.3 is 0 Å². The summed E-state index contributed by atoms with van der Waals surface area (Å²) >= 11 is 0. The van der Waals surface area contributed by atoms with Gasteiger partial charge in [0.2, 0.25) is 0 Å². The maximum Gasteiger partial charge on any atom is 0.287 e. The Morgan fingerprint density at radius 3 is 2.78 bits per heavy atom. The third kappa shape index (κ3) is 4.71. The highest BCUT2D eigenvalue weighted by Crippen LogP contribution is 2.21. The third-order valence-corrected chi connectivity index (χ3v) is 4.54. The minimum Gasteiger partial charge on any atom is -0.349 e. The molecular formula is C19H26N6O2. The van der Waals surface area contributed by atoms with Crippen LogP contribution >= 0.6 is 0 Å². The second-order valence-corrected chi connectivity index (χ2v) is 6.90. The number of hydrogen-bond donors (Lipinski definition) is 2. The van der Waals surface area contributed by atoms with E-state index in [4.69, 9.17) is 0 Å². The average Bonchev–Trinajstić information content (AvgIpc) is 3.06. The first-order valence-electron chi connectivity index (χ1n) is 9.26. The molecule has 0 spiro atoms. The molecule has 3 heterocycles. The maximum absolute atomic E-state index is 12.7. The van der Waals surface area contributed by atoms with Crippen molar-refractivity contribution in [1.82, 2.24) is 30.1 Å². The molecule has 0 fully saturated rings. The lowest BCUT2D eigenvalue weighted by atomic mass is 10.1. The molecular weight excluding hydrogens is 344 g/mol. The molecule has 8 nitrogen and oxygen atoms in total. The molecule has 144 valence electrons. The first-order chi connectivity index (χ1) is 13.1. The van der Waals surface area contributed by atoms with E-state index in [9.17, 15) is 9.59 Å². The van der Waals surface area contributed by atoms with Gasteiger partial charge < -0.3 is 20.1 Å². The average molecular weight is 370 g/mol. The van der Waals surface area contributed by atoms with Crippen LogP contribution in [0.4, 0.5) is 0 Å². The van der Waals surface area contributed by atoms with Gasteiger partial charge in [0.05, 0.1) is 17.9 Å². The molecule has 0 atom stereocenters. The largest absolute Gasteiger partial charge is 0.349 e. The quantitative estimate of drug-likeness (QED) is 0.753. The zero-order valence-corrected chi connectivity index (χ0v) is 15.9. The zero-order chi connectivity index (χ0) is 19.2. The van der Waals surface area contributed by atoms with Crippen molar-refractivity contribution in [3.05, 3.63) is 47.3 Å². The van der Waals surface area contributed by atoms with E-state index in [1.54, 1.807) is 6.20 Å². The molecule has 2 amide bonds. The predicted molar refractivity (Wildman–Crippen MR) is 101 cm³/mol. The number of pyridine rings is 1. The number of rotatable bonds is 7. The second kappa shape index (κ2) is 8.77. The standard InChI is InChI=1S/C19H26N6O2/c1-24(2)12-10-21-18(26)16-15-8-4-6-11-25(15)17(23-16)19(27)22-13-14-7-3-5-9-20-14/h3,5,7,9H,4,6,8,10-13H2,1-2H3,(H,21,26)(H,22,27). The first-order valence-corrected chi connectivity index (χ1v) is 9.26. The number of fused-ring (bicyclic) bond motifs is 1. The van der Waals surface area contributed by atoms with E-state index in [2.05, 4.69) is 20.6 Å². The van der Waals surface area contributed by atoms with Gasteiger partial charge in [-0.15, -0.1) is 0 Å². The highest BCUT2D eigenvalue weighted by atomic mass is 16.2. The van der Waals surface area contributed by atoms with Crippen LogP contribution in [0, 0.1) is 0 Å². The van der Waals surface area contributed by atoms with Crippen LogP contribution in [0.2, 0.25) is 0 Å². The van der Waals surface area contributed by atoms with Crippen molar-refractivity contribution in [3.63, 3.8) is 0 Å². The van der Waals surface area contributed by atoms with Crippen molar-refractivity contribution in [1.29, 1.82) is 0 Å². The summed E-state index contributed by atoms with van der Waals surface area (Å²) < 4.78 is 1.89. The van der Waals surface area contributed by atoms with Gasteiger partial charge in [0.25, 0.3) is 11.8 Å². The van der Waals surface area contributed by atoms with Gasteiger partial charge in [0.1, 0.15) is 5.69 Å². The summed E-state index contributed by atoms with van der Waals surface area (Å²) in [5, 5.41) is 5.74. The number of hydrogen-bond acceptors (Lipinski definition) is 5. The van der Waals surface area contributed by atoms with Gasteiger partial charge in [0.15, 0.2) is 5.82 Å². The summed E-state index contributed by atoms with van der Waals surface area (Å²) in [4.78, 5) is 35.8. The Morgan fingerprint density at radius 1 is 1.19 bits per heavy atom. The molecule has 2 aromatic heterocycles. The van der Waals surface area contributed by atoms with Gasteiger partial charge in [-0.3, -0.25) is 14.6 Å². The van der Waals surface area contributed by atoms with Crippen LogP contribution in [0.25, 0.3) is 0 Å². The van der Waals surface area contributed by atoms with Crippen LogP contribution in [-0.4, -0.2) is 58.4 Å². The fourth-order valence-electron chi connectivity index (χ4n) is 3.13. The molecule has 2 aromatic rings. The number of carbonyl (C=O) groups excluding carboxylic acids is 2. The van der Waals surface area contributed by atoms with Gasteiger partial charge in [-0.2, -0.15) is 0 Å². The highest BCUT2D eigenvalue weighted by Gasteiger charge is 2.27. The van der Waals surface area contributed by atoms with Crippen LogP contribution < -0.4 is 10.6 Å². The minimum atomic E-state index is -0.281. The zero-order valence-electron chi connectivity index (χ0n) is 15.9. The molecule has 0 aromatic carbocycles. The number of likely N-dealkylation sites (N-methyl/N-ethyl adjacent to an activating group) is 1. The van der Waals surface area contributed by atoms with Crippen molar-refractivity contribution in [3.8, 4) is 0 Å². The van der Waals surface area contributed by atoms with E-state index in [1.165, 1.54) is 0 Å². The van der Waals surface area contributed by atoms with Gasteiger partial charge in [-0.25, -0.2) is 4.98 Å². The van der Waals surface area contributed by atoms with Crippen LogP contribution in [0.15, 0.2) is 24.4 Å². The molecule has 8 heteroatoms. The number of aromatic nitrogens is 3. The van der Waals surface area contributed by atoms with Crippen LogP contribution in [0.3, 0.4) is 0 Å². The van der Waals surface area contributed by atoms with E-state index >= 15 is 0 Å². The Hall–Kier alpha value is -2.74. The van der Waals surface area contributed by atoms with E-state index < -0.39 is 0 Å². The van der Waals surface area contributed by atoms with Crippen LogP contribution in [-0.2, 0) is 19.5 Å². The van der Waals surface area contributed by atoms with E-state index in [-0.39, 0.29) is 11.8 Å². The fourth-order valence-corrected chi connectivity index (χ4v) is 3.13. The Labute approximate surface area is 159 Å². The summed E-state index contributed by atoms with van der Waals surface area (Å²) in [5.41, 5.74) is 2.00. The van der Waals surface area contributed by atoms with E-state index in [0.717, 1.165) is 37.2 Å². The smallest absolute Gasteiger partial charge is 0.287 e. The molecule has 2 N–H and O–H groups in total. The van der Waals surface area contributed by atoms with Crippen molar-refractivity contribution in [2.45, 2.75) is 32.4 Å². The highest BCUT2D eigenvalue weighted by molar-refractivity contribution is 5.97. The van der Waals surface area contributed by atoms with Crippen molar-refractivity contribution >= 4 is 11.8 Å². The Morgan fingerprint density at radius 2 is 2.04 bits per heavy atom. The van der Waals surface area contributed by atoms with Crippen LogP contribution in [0.5, 0.6) is 0 Å². The van der Waals surface area contributed by atoms with Crippen molar-refractivity contribution in [2.24, 2.45) is 0 Å². The lowest BCUT2D eigenvalue weighted by molar-refractivity contribution is 0.0934. The van der Waals surface area contributed by atoms with E-state index in [0.29, 0.717) is 31.2 Å².